The van der Waals surface area contributed by atoms with E-state index in [1.165, 1.54) is 0 Å². The van der Waals surface area contributed by atoms with E-state index < -0.39 is 18.0 Å². The molecule has 0 bridgehead atoms. The number of likely N-dealkylation sites (tertiary alicyclic amines) is 1. The third kappa shape index (κ3) is 7.14. The van der Waals surface area contributed by atoms with E-state index >= 15 is 0 Å². The van der Waals surface area contributed by atoms with Crippen LogP contribution in [0.1, 0.15) is 88.7 Å². The SMILES string of the molecule is CC(C)CC(NC(=O)c1ccccc1OCc1ncc(C(C)C)o1)C(=O)N1CCCC1C(=O)N(C)C(C)C. The Bertz CT molecular complexity index is 1110. The Hall–Kier alpha value is -3.36. The van der Waals surface area contributed by atoms with Crippen LogP contribution in [0.25, 0.3) is 0 Å². The Labute approximate surface area is 225 Å². The molecule has 0 saturated carbocycles. The van der Waals surface area contributed by atoms with Crippen LogP contribution < -0.4 is 10.1 Å². The Morgan fingerprint density at radius 1 is 1.16 bits per heavy atom. The summed E-state index contributed by atoms with van der Waals surface area (Å²) in [5.74, 6) is 1.24. The van der Waals surface area contributed by atoms with Crippen LogP contribution in [0.4, 0.5) is 0 Å². The van der Waals surface area contributed by atoms with Gasteiger partial charge in [0.05, 0.1) is 11.8 Å². The predicted octanol–water partition coefficient (Wildman–Crippen LogP) is 4.38. The minimum atomic E-state index is -0.756. The highest BCUT2D eigenvalue weighted by Gasteiger charge is 2.39. The first-order valence-electron chi connectivity index (χ1n) is 13.5. The van der Waals surface area contributed by atoms with Crippen molar-refractivity contribution in [1.82, 2.24) is 20.1 Å². The molecular weight excluding hydrogens is 484 g/mol. The zero-order valence-electron chi connectivity index (χ0n) is 23.7. The van der Waals surface area contributed by atoms with Gasteiger partial charge >= 0.3 is 0 Å². The first-order chi connectivity index (χ1) is 18.0. The maximum absolute atomic E-state index is 13.7. The standard InChI is InChI=1S/C29H42N4O5/c1-18(2)15-22(28(35)33-14-10-12-23(33)29(36)32(7)20(5)6)31-27(34)21-11-8-9-13-24(21)37-17-26-30-16-25(38-26)19(3)4/h8-9,11,13,16,18-20,22-23H,10,12,14-15,17H2,1-7H3,(H,31,34). The van der Waals surface area contributed by atoms with Crippen molar-refractivity contribution in [3.05, 3.63) is 47.7 Å². The number of carbonyl (C=O) groups excluding carboxylic acids is 3. The zero-order valence-corrected chi connectivity index (χ0v) is 23.7. The summed E-state index contributed by atoms with van der Waals surface area (Å²) in [6.45, 7) is 12.5. The topological polar surface area (TPSA) is 105 Å². The van der Waals surface area contributed by atoms with Gasteiger partial charge in [-0.05, 0) is 51.2 Å². The maximum Gasteiger partial charge on any atom is 0.255 e. The second kappa shape index (κ2) is 12.9. The van der Waals surface area contributed by atoms with E-state index in [9.17, 15) is 14.4 Å². The molecule has 0 spiro atoms. The third-order valence-corrected chi connectivity index (χ3v) is 6.88. The van der Waals surface area contributed by atoms with E-state index in [1.807, 2.05) is 41.5 Å². The number of hydrogen-bond acceptors (Lipinski definition) is 6. The fourth-order valence-electron chi connectivity index (χ4n) is 4.48. The molecule has 2 heterocycles. The monoisotopic (exact) mass is 526 g/mol. The van der Waals surface area contributed by atoms with Gasteiger partial charge in [-0.1, -0.05) is 39.8 Å². The molecule has 1 aliphatic heterocycles. The normalized spacial score (nSPS) is 16.3. The number of likely N-dealkylation sites (N-methyl/N-ethyl adjacent to an activating group) is 1. The lowest BCUT2D eigenvalue weighted by atomic mass is 10.0. The van der Waals surface area contributed by atoms with Gasteiger partial charge in [-0.3, -0.25) is 14.4 Å². The first-order valence-corrected chi connectivity index (χ1v) is 13.5. The first kappa shape index (κ1) is 29.2. The third-order valence-electron chi connectivity index (χ3n) is 6.88. The number of rotatable bonds is 11. The van der Waals surface area contributed by atoms with Crippen LogP contribution in [-0.2, 0) is 16.2 Å². The van der Waals surface area contributed by atoms with Crippen molar-refractivity contribution >= 4 is 17.7 Å². The van der Waals surface area contributed by atoms with Crippen LogP contribution in [0.2, 0.25) is 0 Å². The van der Waals surface area contributed by atoms with Gasteiger partial charge in [0.25, 0.3) is 5.91 Å². The Morgan fingerprint density at radius 3 is 2.50 bits per heavy atom. The maximum atomic E-state index is 13.7. The molecule has 1 aliphatic rings. The summed E-state index contributed by atoms with van der Waals surface area (Å²) in [4.78, 5) is 47.8. The number of carbonyl (C=O) groups is 3. The highest BCUT2D eigenvalue weighted by Crippen LogP contribution is 2.24. The van der Waals surface area contributed by atoms with Gasteiger partial charge < -0.3 is 24.3 Å². The molecule has 1 fully saturated rings. The molecular formula is C29H42N4O5. The van der Waals surface area contributed by atoms with Crippen molar-refractivity contribution in [2.24, 2.45) is 5.92 Å². The highest BCUT2D eigenvalue weighted by molar-refractivity contribution is 6.00. The average molecular weight is 527 g/mol. The van der Waals surface area contributed by atoms with Crippen LogP contribution in [0.15, 0.2) is 34.9 Å². The second-order valence-electron chi connectivity index (χ2n) is 11.0. The molecule has 2 unspecified atom stereocenters. The Balaban J connectivity index is 1.75. The Morgan fingerprint density at radius 2 is 1.87 bits per heavy atom. The minimum absolute atomic E-state index is 0.0380. The van der Waals surface area contributed by atoms with Gasteiger partial charge in [0, 0.05) is 25.6 Å². The molecule has 1 aromatic heterocycles. The van der Waals surface area contributed by atoms with Crippen LogP contribution in [0.5, 0.6) is 5.75 Å². The van der Waals surface area contributed by atoms with Gasteiger partial charge in [0.2, 0.25) is 17.7 Å². The van der Waals surface area contributed by atoms with E-state index in [2.05, 4.69) is 10.3 Å². The minimum Gasteiger partial charge on any atom is -0.483 e. The number of aromatic nitrogens is 1. The molecule has 9 nitrogen and oxygen atoms in total. The van der Waals surface area contributed by atoms with E-state index in [4.69, 9.17) is 9.15 Å². The quantitative estimate of drug-likeness (QED) is 0.466. The molecule has 9 heteroatoms. The highest BCUT2D eigenvalue weighted by atomic mass is 16.5. The number of para-hydroxylation sites is 1. The lowest BCUT2D eigenvalue weighted by Crippen LogP contribution is -2.54. The van der Waals surface area contributed by atoms with Crippen molar-refractivity contribution in [3.8, 4) is 5.75 Å². The fraction of sp³-hybridized carbons (Fsp3) is 0.586. The van der Waals surface area contributed by atoms with Crippen LogP contribution in [0.3, 0.4) is 0 Å². The van der Waals surface area contributed by atoms with Gasteiger partial charge in [-0.25, -0.2) is 4.98 Å². The van der Waals surface area contributed by atoms with Crippen molar-refractivity contribution in [1.29, 1.82) is 0 Å². The number of nitrogens with one attached hydrogen (secondary N) is 1. The summed E-state index contributed by atoms with van der Waals surface area (Å²) < 4.78 is 11.6. The molecule has 208 valence electrons. The summed E-state index contributed by atoms with van der Waals surface area (Å²) in [5.41, 5.74) is 0.318. The summed E-state index contributed by atoms with van der Waals surface area (Å²) in [5, 5.41) is 2.94. The molecule has 2 atom stereocenters. The Kier molecular flexibility index (Phi) is 9.94. The molecule has 1 aromatic carbocycles. The summed E-state index contributed by atoms with van der Waals surface area (Å²) >= 11 is 0. The van der Waals surface area contributed by atoms with E-state index in [1.54, 1.807) is 47.3 Å². The number of oxazole rings is 1. The second-order valence-corrected chi connectivity index (χ2v) is 11.0. The summed E-state index contributed by atoms with van der Waals surface area (Å²) in [7, 11) is 1.76. The zero-order chi connectivity index (χ0) is 28.0. The van der Waals surface area contributed by atoms with E-state index in [0.29, 0.717) is 36.6 Å². The van der Waals surface area contributed by atoms with Gasteiger partial charge in [0.1, 0.15) is 23.6 Å². The summed E-state index contributed by atoms with van der Waals surface area (Å²) in [6, 6.07) is 5.68. The van der Waals surface area contributed by atoms with Crippen LogP contribution >= 0.6 is 0 Å². The fourth-order valence-corrected chi connectivity index (χ4v) is 4.48. The van der Waals surface area contributed by atoms with Gasteiger partial charge in [0.15, 0.2) is 6.61 Å². The van der Waals surface area contributed by atoms with Crippen molar-refractivity contribution in [2.45, 2.75) is 91.5 Å². The number of ether oxygens (including phenoxy) is 1. The largest absolute Gasteiger partial charge is 0.483 e. The predicted molar refractivity (Wildman–Crippen MR) is 145 cm³/mol. The smallest absolute Gasteiger partial charge is 0.255 e. The van der Waals surface area contributed by atoms with Gasteiger partial charge in [-0.2, -0.15) is 0 Å². The number of hydrogen-bond donors (Lipinski definition) is 1. The molecule has 1 N–H and O–H groups in total. The molecule has 1 saturated heterocycles. The lowest BCUT2D eigenvalue weighted by Gasteiger charge is -2.32. The lowest BCUT2D eigenvalue weighted by molar-refractivity contribution is -0.145. The molecule has 0 aliphatic carbocycles. The molecule has 38 heavy (non-hydrogen) atoms. The summed E-state index contributed by atoms with van der Waals surface area (Å²) in [6.07, 6.45) is 3.52. The van der Waals surface area contributed by atoms with Crippen molar-refractivity contribution < 1.29 is 23.5 Å². The van der Waals surface area contributed by atoms with Crippen LogP contribution in [-0.4, -0.2) is 64.2 Å². The number of amides is 3. The van der Waals surface area contributed by atoms with E-state index in [0.717, 1.165) is 12.2 Å². The molecule has 2 aromatic rings. The average Bonchev–Trinajstić information content (AvgIpc) is 3.55. The molecule has 3 amide bonds. The van der Waals surface area contributed by atoms with Gasteiger partial charge in [-0.15, -0.1) is 0 Å². The van der Waals surface area contributed by atoms with Crippen LogP contribution in [0, 0.1) is 5.92 Å². The number of nitrogens with zero attached hydrogens (tertiary/aromatic N) is 3. The van der Waals surface area contributed by atoms with Crippen molar-refractivity contribution in [2.75, 3.05) is 13.6 Å². The molecule has 0 radical (unpaired) electrons. The van der Waals surface area contributed by atoms with Crippen molar-refractivity contribution in [3.63, 3.8) is 0 Å². The number of benzene rings is 1. The molecule has 3 rings (SSSR count). The van der Waals surface area contributed by atoms with E-state index in [-0.39, 0.29) is 36.3 Å².